The molecule has 1 aromatic heterocycles. The summed E-state index contributed by atoms with van der Waals surface area (Å²) >= 11 is 6.07. The number of nitrogens with zero attached hydrogens (tertiary/aromatic N) is 2. The lowest BCUT2D eigenvalue weighted by molar-refractivity contribution is 0.293. The highest BCUT2D eigenvalue weighted by molar-refractivity contribution is 6.32. The fourth-order valence-electron chi connectivity index (χ4n) is 2.82. The molecule has 1 atom stereocenters. The molecule has 1 fully saturated rings. The van der Waals surface area contributed by atoms with Crippen LogP contribution in [0, 0.1) is 18.3 Å². The molecule has 3 rings (SSSR count). The molecule has 1 N–H and O–H groups in total. The van der Waals surface area contributed by atoms with Crippen molar-refractivity contribution >= 4 is 17.3 Å². The first kappa shape index (κ1) is 15.0. The first-order valence-electron chi connectivity index (χ1n) is 7.38. The molecule has 22 heavy (non-hydrogen) atoms. The van der Waals surface area contributed by atoms with Crippen LogP contribution in [-0.4, -0.2) is 24.0 Å². The van der Waals surface area contributed by atoms with E-state index in [4.69, 9.17) is 21.3 Å². The van der Waals surface area contributed by atoms with Crippen molar-refractivity contribution in [2.75, 3.05) is 18.4 Å². The molecule has 1 aliphatic rings. The highest BCUT2D eigenvalue weighted by atomic mass is 35.5. The van der Waals surface area contributed by atoms with Crippen molar-refractivity contribution in [3.05, 3.63) is 52.4 Å². The number of rotatable bonds is 4. The standard InChI is InChI=1S/C17H18ClN3O/c1-12-2-5-16(22-12)11-21-7-6-15(10-21)20-14-4-3-13(9-19)17(18)8-14/h2-5,8,15,20H,6-7,10-11H2,1H3/t15-/m0/s1. The maximum Gasteiger partial charge on any atom is 0.118 e. The molecule has 0 amide bonds. The van der Waals surface area contributed by atoms with Crippen LogP contribution in [-0.2, 0) is 6.54 Å². The summed E-state index contributed by atoms with van der Waals surface area (Å²) in [6, 6.07) is 12.0. The summed E-state index contributed by atoms with van der Waals surface area (Å²) in [5.74, 6) is 1.97. The van der Waals surface area contributed by atoms with Gasteiger partial charge >= 0.3 is 0 Å². The number of nitrogens with one attached hydrogen (secondary N) is 1. The van der Waals surface area contributed by atoms with E-state index in [1.807, 2.05) is 31.2 Å². The van der Waals surface area contributed by atoms with Gasteiger partial charge in [0.15, 0.2) is 0 Å². The van der Waals surface area contributed by atoms with Gasteiger partial charge in [0, 0.05) is 24.8 Å². The summed E-state index contributed by atoms with van der Waals surface area (Å²) in [7, 11) is 0. The van der Waals surface area contributed by atoms with E-state index in [-0.39, 0.29) is 0 Å². The lowest BCUT2D eigenvalue weighted by Gasteiger charge is -2.16. The second-order valence-electron chi connectivity index (χ2n) is 5.68. The van der Waals surface area contributed by atoms with Crippen LogP contribution in [0.4, 0.5) is 5.69 Å². The first-order valence-corrected chi connectivity index (χ1v) is 7.75. The van der Waals surface area contributed by atoms with Crippen molar-refractivity contribution in [3.63, 3.8) is 0 Å². The summed E-state index contributed by atoms with van der Waals surface area (Å²) in [6.45, 7) is 4.82. The van der Waals surface area contributed by atoms with Crippen molar-refractivity contribution in [1.29, 1.82) is 5.26 Å². The van der Waals surface area contributed by atoms with Gasteiger partial charge < -0.3 is 9.73 Å². The van der Waals surface area contributed by atoms with Crippen LogP contribution in [0.15, 0.2) is 34.7 Å². The van der Waals surface area contributed by atoms with E-state index < -0.39 is 0 Å². The summed E-state index contributed by atoms with van der Waals surface area (Å²) in [5, 5.41) is 12.9. The van der Waals surface area contributed by atoms with Crippen molar-refractivity contribution in [2.45, 2.75) is 25.9 Å². The van der Waals surface area contributed by atoms with E-state index in [0.29, 0.717) is 16.6 Å². The summed E-state index contributed by atoms with van der Waals surface area (Å²) in [5.41, 5.74) is 1.47. The van der Waals surface area contributed by atoms with Gasteiger partial charge in [-0.05, 0) is 43.7 Å². The molecular formula is C17H18ClN3O. The number of hydrogen-bond donors (Lipinski definition) is 1. The Morgan fingerprint density at radius 3 is 2.95 bits per heavy atom. The second-order valence-corrected chi connectivity index (χ2v) is 6.09. The predicted molar refractivity (Wildman–Crippen MR) is 86.9 cm³/mol. The van der Waals surface area contributed by atoms with Crippen LogP contribution in [0.3, 0.4) is 0 Å². The van der Waals surface area contributed by atoms with Crippen LogP contribution < -0.4 is 5.32 Å². The number of benzene rings is 1. The zero-order valence-corrected chi connectivity index (χ0v) is 13.2. The highest BCUT2D eigenvalue weighted by Crippen LogP contribution is 2.23. The summed E-state index contributed by atoms with van der Waals surface area (Å²) in [6.07, 6.45) is 1.08. The number of anilines is 1. The van der Waals surface area contributed by atoms with Crippen LogP contribution in [0.1, 0.15) is 23.5 Å². The van der Waals surface area contributed by atoms with Gasteiger partial charge in [-0.25, -0.2) is 0 Å². The zero-order valence-electron chi connectivity index (χ0n) is 12.5. The Bertz CT molecular complexity index is 704. The number of halogens is 1. The molecule has 0 aliphatic carbocycles. The maximum absolute atomic E-state index is 8.90. The van der Waals surface area contributed by atoms with Gasteiger partial charge in [-0.3, -0.25) is 4.90 Å². The van der Waals surface area contributed by atoms with Crippen LogP contribution in [0.5, 0.6) is 0 Å². The minimum atomic E-state index is 0.389. The van der Waals surface area contributed by atoms with E-state index in [9.17, 15) is 0 Å². The Balaban J connectivity index is 1.57. The Labute approximate surface area is 135 Å². The first-order chi connectivity index (χ1) is 10.6. The van der Waals surface area contributed by atoms with Gasteiger partial charge in [-0.2, -0.15) is 5.26 Å². The molecule has 0 bridgehead atoms. The minimum absolute atomic E-state index is 0.389. The van der Waals surface area contributed by atoms with Gasteiger partial charge in [0.2, 0.25) is 0 Å². The molecule has 1 aliphatic heterocycles. The largest absolute Gasteiger partial charge is 0.465 e. The molecule has 1 saturated heterocycles. The van der Waals surface area contributed by atoms with E-state index in [1.54, 1.807) is 6.07 Å². The molecule has 1 aromatic carbocycles. The lowest BCUT2D eigenvalue weighted by Crippen LogP contribution is -2.25. The molecule has 0 spiro atoms. The Morgan fingerprint density at radius 2 is 2.27 bits per heavy atom. The smallest absolute Gasteiger partial charge is 0.118 e. The average molecular weight is 316 g/mol. The topological polar surface area (TPSA) is 52.2 Å². The second kappa shape index (κ2) is 6.43. The quantitative estimate of drug-likeness (QED) is 0.932. The van der Waals surface area contributed by atoms with Gasteiger partial charge in [0.1, 0.15) is 17.6 Å². The van der Waals surface area contributed by atoms with E-state index in [2.05, 4.69) is 16.3 Å². The molecule has 4 nitrogen and oxygen atoms in total. The average Bonchev–Trinajstić information content (AvgIpc) is 3.09. The van der Waals surface area contributed by atoms with Gasteiger partial charge in [-0.15, -0.1) is 0 Å². The van der Waals surface area contributed by atoms with Crippen molar-refractivity contribution in [2.24, 2.45) is 0 Å². The molecule has 114 valence electrons. The lowest BCUT2D eigenvalue weighted by atomic mass is 10.2. The van der Waals surface area contributed by atoms with Crippen molar-refractivity contribution in [3.8, 4) is 6.07 Å². The molecule has 5 heteroatoms. The molecule has 0 radical (unpaired) electrons. The van der Waals surface area contributed by atoms with Crippen LogP contribution in [0.25, 0.3) is 0 Å². The SMILES string of the molecule is Cc1ccc(CN2CC[C@H](Nc3ccc(C#N)c(Cl)c3)C2)o1. The molecule has 0 saturated carbocycles. The minimum Gasteiger partial charge on any atom is -0.465 e. The predicted octanol–water partition coefficient (Wildman–Crippen LogP) is 3.80. The summed E-state index contributed by atoms with van der Waals surface area (Å²) < 4.78 is 5.63. The molecular weight excluding hydrogens is 298 g/mol. The van der Waals surface area contributed by atoms with Crippen LogP contribution >= 0.6 is 11.6 Å². The van der Waals surface area contributed by atoms with Crippen molar-refractivity contribution < 1.29 is 4.42 Å². The zero-order chi connectivity index (χ0) is 15.5. The van der Waals surface area contributed by atoms with E-state index >= 15 is 0 Å². The van der Waals surface area contributed by atoms with E-state index in [0.717, 1.165) is 43.3 Å². The maximum atomic E-state index is 8.90. The van der Waals surface area contributed by atoms with Gasteiger partial charge in [0.05, 0.1) is 17.1 Å². The van der Waals surface area contributed by atoms with Gasteiger partial charge in [0.25, 0.3) is 0 Å². The third-order valence-corrected chi connectivity index (χ3v) is 4.22. The number of aryl methyl sites for hydroxylation is 1. The third-order valence-electron chi connectivity index (χ3n) is 3.91. The fraction of sp³-hybridized carbons (Fsp3) is 0.353. The molecule has 2 aromatic rings. The molecule has 0 unspecified atom stereocenters. The van der Waals surface area contributed by atoms with Crippen molar-refractivity contribution in [1.82, 2.24) is 4.90 Å². The summed E-state index contributed by atoms with van der Waals surface area (Å²) in [4.78, 5) is 2.38. The number of hydrogen-bond acceptors (Lipinski definition) is 4. The Kier molecular flexibility index (Phi) is 4.37. The highest BCUT2D eigenvalue weighted by Gasteiger charge is 2.23. The fourth-order valence-corrected chi connectivity index (χ4v) is 3.04. The number of furan rings is 1. The number of likely N-dealkylation sites (tertiary alicyclic amines) is 1. The Hall–Kier alpha value is -1.96. The normalized spacial score (nSPS) is 18.3. The monoisotopic (exact) mass is 315 g/mol. The number of nitriles is 1. The Morgan fingerprint density at radius 1 is 1.41 bits per heavy atom. The van der Waals surface area contributed by atoms with Crippen LogP contribution in [0.2, 0.25) is 5.02 Å². The van der Waals surface area contributed by atoms with Gasteiger partial charge in [-0.1, -0.05) is 11.6 Å². The molecule has 2 heterocycles. The third kappa shape index (κ3) is 3.44. The van der Waals surface area contributed by atoms with E-state index in [1.165, 1.54) is 0 Å².